The van der Waals surface area contributed by atoms with Crippen LogP contribution >= 0.6 is 0 Å². The summed E-state index contributed by atoms with van der Waals surface area (Å²) >= 11 is 0. The summed E-state index contributed by atoms with van der Waals surface area (Å²) in [5, 5.41) is 0. The van der Waals surface area contributed by atoms with Crippen molar-refractivity contribution in [2.24, 2.45) is 0 Å². The van der Waals surface area contributed by atoms with Gasteiger partial charge in [0, 0.05) is 12.1 Å². The number of rotatable bonds is 5. The fraction of sp³-hybridized carbons (Fsp3) is 0.400. The molecule has 0 aliphatic carbocycles. The molecule has 0 N–H and O–H groups in total. The molecule has 1 fully saturated rings. The van der Waals surface area contributed by atoms with Crippen molar-refractivity contribution in [3.05, 3.63) is 59.2 Å². The zero-order chi connectivity index (χ0) is 22.3. The molecule has 164 valence electrons. The minimum Gasteiger partial charge on any atom is -0.492 e. The van der Waals surface area contributed by atoms with Crippen LogP contribution in [-0.2, 0) is 22.6 Å². The number of nitrogens with zero attached hydrogens (tertiary/aromatic N) is 1. The predicted octanol–water partition coefficient (Wildman–Crippen LogP) is 4.78. The van der Waals surface area contributed by atoms with Crippen molar-refractivity contribution in [3.8, 4) is 5.75 Å². The maximum Gasteiger partial charge on any atom is 0.419 e. The summed E-state index contributed by atoms with van der Waals surface area (Å²) in [7, 11) is -3.06. The van der Waals surface area contributed by atoms with Gasteiger partial charge in [-0.25, -0.2) is 17.2 Å². The number of hydrogen-bond acceptors (Lipinski definition) is 3. The summed E-state index contributed by atoms with van der Waals surface area (Å²) in [6.45, 7) is 1.73. The predicted molar refractivity (Wildman–Crippen MR) is 99.6 cm³/mol. The Bertz CT molecular complexity index is 1050. The van der Waals surface area contributed by atoms with Crippen molar-refractivity contribution in [3.63, 3.8) is 0 Å². The van der Waals surface area contributed by atoms with Gasteiger partial charge in [0.1, 0.15) is 10.7 Å². The van der Waals surface area contributed by atoms with Crippen molar-refractivity contribution in [2.75, 3.05) is 13.7 Å². The van der Waals surface area contributed by atoms with Crippen molar-refractivity contribution in [1.82, 2.24) is 4.31 Å². The molecule has 30 heavy (non-hydrogen) atoms. The first-order chi connectivity index (χ1) is 13.9. The third-order valence-electron chi connectivity index (χ3n) is 5.30. The summed E-state index contributed by atoms with van der Waals surface area (Å²) in [5.74, 6) is -2.66. The molecular formula is C20H20F5NO3S. The van der Waals surface area contributed by atoms with Crippen LogP contribution in [0.3, 0.4) is 0 Å². The highest BCUT2D eigenvalue weighted by molar-refractivity contribution is 7.89. The average molecular weight is 449 g/mol. The second-order valence-electron chi connectivity index (χ2n) is 7.44. The molecule has 0 saturated carbocycles. The molecule has 3 rings (SSSR count). The molecule has 1 aliphatic heterocycles. The number of para-hydroxylation sites is 1. The Balaban J connectivity index is 2.00. The van der Waals surface area contributed by atoms with Crippen LogP contribution < -0.4 is 4.74 Å². The largest absolute Gasteiger partial charge is 0.492 e. The molecule has 2 aromatic carbocycles. The van der Waals surface area contributed by atoms with Crippen LogP contribution in [-0.4, -0.2) is 31.9 Å². The van der Waals surface area contributed by atoms with Crippen molar-refractivity contribution in [1.29, 1.82) is 0 Å². The van der Waals surface area contributed by atoms with Gasteiger partial charge in [-0.3, -0.25) is 0 Å². The number of benzene rings is 2. The summed E-state index contributed by atoms with van der Waals surface area (Å²) < 4.78 is 99.5. The number of halogens is 5. The maximum absolute atomic E-state index is 14.1. The van der Waals surface area contributed by atoms with Crippen molar-refractivity contribution < 1.29 is 35.1 Å². The molecule has 1 unspecified atom stereocenters. The molecule has 0 amide bonds. The van der Waals surface area contributed by atoms with Crippen LogP contribution in [0.4, 0.5) is 22.0 Å². The van der Waals surface area contributed by atoms with Gasteiger partial charge >= 0.3 is 6.18 Å². The lowest BCUT2D eigenvalue weighted by atomic mass is 9.90. The van der Waals surface area contributed by atoms with E-state index in [0.29, 0.717) is 18.9 Å². The SMILES string of the molecule is COc1c(F)cccc1S(=O)(=O)N1CCCC1(C)Cc1ccc(F)c(C(F)(F)F)c1. The molecule has 1 saturated heterocycles. The van der Waals surface area contributed by atoms with E-state index in [1.807, 2.05) is 0 Å². The Kier molecular flexibility index (Phi) is 5.85. The summed E-state index contributed by atoms with van der Waals surface area (Å²) in [5.41, 5.74) is -2.32. The molecule has 1 aliphatic rings. The quantitative estimate of drug-likeness (QED) is 0.618. The lowest BCUT2D eigenvalue weighted by molar-refractivity contribution is -0.140. The second kappa shape index (κ2) is 7.81. The summed E-state index contributed by atoms with van der Waals surface area (Å²) in [6.07, 6.45) is -4.08. The van der Waals surface area contributed by atoms with Crippen LogP contribution in [0, 0.1) is 11.6 Å². The fourth-order valence-electron chi connectivity index (χ4n) is 3.93. The molecule has 1 heterocycles. The highest BCUT2D eigenvalue weighted by Crippen LogP contribution is 2.40. The van der Waals surface area contributed by atoms with Crippen LogP contribution in [0.2, 0.25) is 0 Å². The van der Waals surface area contributed by atoms with Crippen molar-refractivity contribution in [2.45, 2.75) is 42.8 Å². The molecule has 2 aromatic rings. The van der Waals surface area contributed by atoms with Crippen molar-refractivity contribution >= 4 is 10.0 Å². The van der Waals surface area contributed by atoms with Gasteiger partial charge in [0.25, 0.3) is 0 Å². The van der Waals surface area contributed by atoms with E-state index in [1.165, 1.54) is 18.2 Å². The van der Waals surface area contributed by atoms with E-state index in [0.717, 1.165) is 23.5 Å². The Morgan fingerprint density at radius 1 is 1.13 bits per heavy atom. The van der Waals surface area contributed by atoms with E-state index in [2.05, 4.69) is 0 Å². The van der Waals surface area contributed by atoms with Gasteiger partial charge in [0.15, 0.2) is 11.6 Å². The fourth-order valence-corrected chi connectivity index (χ4v) is 5.94. The number of alkyl halides is 3. The molecule has 10 heteroatoms. The number of methoxy groups -OCH3 is 1. The van der Waals surface area contributed by atoms with Gasteiger partial charge in [0.2, 0.25) is 10.0 Å². The first kappa shape index (κ1) is 22.5. The zero-order valence-corrected chi connectivity index (χ0v) is 17.1. The Morgan fingerprint density at radius 3 is 2.47 bits per heavy atom. The standard InChI is InChI=1S/C20H20F5NO3S/c1-19(12-13-7-8-15(21)14(11-13)20(23,24)25)9-4-10-26(19)30(27,28)17-6-3-5-16(22)18(17)29-2/h3,5-8,11H,4,9-10,12H2,1-2H3. The third-order valence-corrected chi connectivity index (χ3v) is 7.38. The van der Waals surface area contributed by atoms with Gasteiger partial charge in [-0.05, 0) is 56.0 Å². The third kappa shape index (κ3) is 4.02. The Hall–Kier alpha value is -2.20. The van der Waals surface area contributed by atoms with Gasteiger partial charge in [-0.1, -0.05) is 12.1 Å². The topological polar surface area (TPSA) is 46.6 Å². The van der Waals surface area contributed by atoms with Gasteiger partial charge in [0.05, 0.1) is 12.7 Å². The Labute approximate surface area is 171 Å². The van der Waals surface area contributed by atoms with Gasteiger partial charge in [-0.2, -0.15) is 17.5 Å². The Morgan fingerprint density at radius 2 is 1.83 bits per heavy atom. The number of sulfonamides is 1. The maximum atomic E-state index is 14.1. The van der Waals surface area contributed by atoms with Crippen LogP contribution in [0.5, 0.6) is 5.75 Å². The monoisotopic (exact) mass is 449 g/mol. The summed E-state index contributed by atoms with van der Waals surface area (Å²) in [4.78, 5) is -0.354. The van der Waals surface area contributed by atoms with Crippen LogP contribution in [0.25, 0.3) is 0 Å². The minimum atomic E-state index is -4.86. The second-order valence-corrected chi connectivity index (χ2v) is 9.27. The van der Waals surface area contributed by atoms with E-state index < -0.39 is 44.7 Å². The summed E-state index contributed by atoms with van der Waals surface area (Å²) in [6, 6.07) is 6.17. The lowest BCUT2D eigenvalue weighted by Crippen LogP contribution is -2.46. The zero-order valence-electron chi connectivity index (χ0n) is 16.3. The van der Waals surface area contributed by atoms with Gasteiger partial charge in [-0.15, -0.1) is 0 Å². The normalized spacial score (nSPS) is 20.5. The number of ether oxygens (including phenoxy) is 1. The first-order valence-corrected chi connectivity index (χ1v) is 10.5. The molecule has 1 atom stereocenters. The average Bonchev–Trinajstić information content (AvgIpc) is 3.04. The van der Waals surface area contributed by atoms with E-state index in [9.17, 15) is 30.4 Å². The molecule has 0 radical (unpaired) electrons. The van der Waals surface area contributed by atoms with E-state index in [1.54, 1.807) is 6.92 Å². The molecule has 0 spiro atoms. The van der Waals surface area contributed by atoms with Crippen LogP contribution in [0.15, 0.2) is 41.3 Å². The van der Waals surface area contributed by atoms with E-state index >= 15 is 0 Å². The van der Waals surface area contributed by atoms with E-state index in [4.69, 9.17) is 4.74 Å². The number of hydrogen-bond donors (Lipinski definition) is 0. The first-order valence-electron chi connectivity index (χ1n) is 9.11. The highest BCUT2D eigenvalue weighted by Gasteiger charge is 2.45. The van der Waals surface area contributed by atoms with Gasteiger partial charge < -0.3 is 4.74 Å². The molecule has 0 aromatic heterocycles. The molecule has 4 nitrogen and oxygen atoms in total. The highest BCUT2D eigenvalue weighted by atomic mass is 32.2. The smallest absolute Gasteiger partial charge is 0.419 e. The van der Waals surface area contributed by atoms with Crippen LogP contribution in [0.1, 0.15) is 30.9 Å². The molecule has 0 bridgehead atoms. The minimum absolute atomic E-state index is 0.0623. The van der Waals surface area contributed by atoms with E-state index in [-0.39, 0.29) is 23.4 Å². The molecular weight excluding hydrogens is 429 g/mol. The lowest BCUT2D eigenvalue weighted by Gasteiger charge is -2.35.